The second-order valence-corrected chi connectivity index (χ2v) is 5.98. The Morgan fingerprint density at radius 2 is 2.33 bits per heavy atom. The van der Waals surface area contributed by atoms with E-state index in [2.05, 4.69) is 10.1 Å². The van der Waals surface area contributed by atoms with Crippen molar-refractivity contribution in [3.05, 3.63) is 38.9 Å². The molecule has 0 aliphatic carbocycles. The molecule has 2 heterocycles. The molecule has 6 heteroatoms. The van der Waals surface area contributed by atoms with Crippen LogP contribution in [-0.4, -0.2) is 23.6 Å². The number of hydrogen-bond donors (Lipinski definition) is 1. The van der Waals surface area contributed by atoms with E-state index in [9.17, 15) is 0 Å². The van der Waals surface area contributed by atoms with Crippen LogP contribution in [0.3, 0.4) is 0 Å². The van der Waals surface area contributed by atoms with Gasteiger partial charge in [-0.2, -0.15) is 0 Å². The number of likely N-dealkylation sites (N-methyl/N-ethyl adjacent to an activating group) is 1. The number of nitrogens with zero attached hydrogens (tertiary/aromatic N) is 2. The molecular formula is C12H16ClN3OS. The molecule has 1 atom stereocenters. The van der Waals surface area contributed by atoms with Crippen LogP contribution in [0.25, 0.3) is 0 Å². The summed E-state index contributed by atoms with van der Waals surface area (Å²) in [6, 6.07) is 6.01. The van der Waals surface area contributed by atoms with Crippen molar-refractivity contribution in [2.24, 2.45) is 5.73 Å². The lowest BCUT2D eigenvalue weighted by Crippen LogP contribution is -2.29. The van der Waals surface area contributed by atoms with Gasteiger partial charge in [-0.3, -0.25) is 4.90 Å². The van der Waals surface area contributed by atoms with Gasteiger partial charge >= 0.3 is 0 Å². The van der Waals surface area contributed by atoms with Crippen LogP contribution >= 0.6 is 22.9 Å². The highest BCUT2D eigenvalue weighted by Crippen LogP contribution is 2.30. The summed E-state index contributed by atoms with van der Waals surface area (Å²) in [5, 5.41) is 3.99. The van der Waals surface area contributed by atoms with E-state index >= 15 is 0 Å². The summed E-state index contributed by atoms with van der Waals surface area (Å²) in [4.78, 5) is 3.32. The molecule has 0 bridgehead atoms. The van der Waals surface area contributed by atoms with Crippen LogP contribution < -0.4 is 5.73 Å². The highest BCUT2D eigenvalue weighted by molar-refractivity contribution is 7.16. The molecule has 0 saturated carbocycles. The standard InChI is InChI=1S/C12H16ClN3OS/c1-8-5-9(15-17-8)7-16(2)10(6-14)11-3-4-12(13)18-11/h3-5,10H,6-7,14H2,1-2H3. The second-order valence-electron chi connectivity index (χ2n) is 4.24. The molecule has 2 N–H and O–H groups in total. The largest absolute Gasteiger partial charge is 0.361 e. The quantitative estimate of drug-likeness (QED) is 0.918. The van der Waals surface area contributed by atoms with Crippen LogP contribution in [0.1, 0.15) is 22.4 Å². The van der Waals surface area contributed by atoms with E-state index in [1.807, 2.05) is 32.2 Å². The van der Waals surface area contributed by atoms with Crippen LogP contribution in [0.2, 0.25) is 4.34 Å². The van der Waals surface area contributed by atoms with Crippen LogP contribution in [-0.2, 0) is 6.54 Å². The molecule has 2 rings (SSSR count). The summed E-state index contributed by atoms with van der Waals surface area (Å²) in [5.41, 5.74) is 6.76. The first-order valence-electron chi connectivity index (χ1n) is 5.68. The molecule has 0 aliphatic heterocycles. The number of nitrogens with two attached hydrogens (primary N) is 1. The van der Waals surface area contributed by atoms with Crippen molar-refractivity contribution < 1.29 is 4.52 Å². The molecular weight excluding hydrogens is 270 g/mol. The van der Waals surface area contributed by atoms with Crippen LogP contribution in [0, 0.1) is 6.92 Å². The fourth-order valence-electron chi connectivity index (χ4n) is 1.88. The maximum absolute atomic E-state index is 5.96. The predicted octanol–water partition coefficient (Wildman–Crippen LogP) is 2.83. The Hall–Kier alpha value is -0.880. The zero-order valence-corrected chi connectivity index (χ0v) is 12.0. The normalized spacial score (nSPS) is 13.2. The van der Waals surface area contributed by atoms with Crippen LogP contribution in [0.4, 0.5) is 0 Å². The van der Waals surface area contributed by atoms with Crippen molar-refractivity contribution in [1.82, 2.24) is 10.1 Å². The zero-order chi connectivity index (χ0) is 13.1. The van der Waals surface area contributed by atoms with E-state index < -0.39 is 0 Å². The van der Waals surface area contributed by atoms with Gasteiger partial charge < -0.3 is 10.3 Å². The summed E-state index contributed by atoms with van der Waals surface area (Å²) in [6.07, 6.45) is 0. The molecule has 2 aromatic rings. The van der Waals surface area contributed by atoms with E-state index in [0.29, 0.717) is 13.1 Å². The Balaban J connectivity index is 2.08. The maximum atomic E-state index is 5.96. The maximum Gasteiger partial charge on any atom is 0.133 e. The van der Waals surface area contributed by atoms with Crippen molar-refractivity contribution in [2.75, 3.05) is 13.6 Å². The summed E-state index contributed by atoms with van der Waals surface area (Å²) >= 11 is 7.53. The summed E-state index contributed by atoms with van der Waals surface area (Å²) in [5.74, 6) is 0.821. The minimum atomic E-state index is 0.152. The van der Waals surface area contributed by atoms with Crippen molar-refractivity contribution in [3.8, 4) is 0 Å². The van der Waals surface area contributed by atoms with Gasteiger partial charge in [0, 0.05) is 24.0 Å². The number of aromatic nitrogens is 1. The van der Waals surface area contributed by atoms with Gasteiger partial charge in [0.2, 0.25) is 0 Å². The molecule has 0 amide bonds. The molecule has 98 valence electrons. The van der Waals surface area contributed by atoms with Gasteiger partial charge in [-0.15, -0.1) is 11.3 Å². The molecule has 0 aromatic carbocycles. The lowest BCUT2D eigenvalue weighted by atomic mass is 10.2. The third-order valence-electron chi connectivity index (χ3n) is 2.77. The number of hydrogen-bond acceptors (Lipinski definition) is 5. The van der Waals surface area contributed by atoms with Gasteiger partial charge in [-0.25, -0.2) is 0 Å². The third kappa shape index (κ3) is 3.11. The summed E-state index contributed by atoms with van der Waals surface area (Å²) in [6.45, 7) is 3.13. The lowest BCUT2D eigenvalue weighted by molar-refractivity contribution is 0.237. The van der Waals surface area contributed by atoms with E-state index in [1.54, 1.807) is 11.3 Å². The average Bonchev–Trinajstić information content (AvgIpc) is 2.89. The van der Waals surface area contributed by atoms with E-state index in [-0.39, 0.29) is 6.04 Å². The Morgan fingerprint density at radius 1 is 1.56 bits per heavy atom. The molecule has 18 heavy (non-hydrogen) atoms. The first-order chi connectivity index (χ1) is 8.60. The van der Waals surface area contributed by atoms with Crippen molar-refractivity contribution in [1.29, 1.82) is 0 Å². The minimum Gasteiger partial charge on any atom is -0.361 e. The second kappa shape index (κ2) is 5.84. The molecule has 0 aliphatic rings. The SMILES string of the molecule is Cc1cc(CN(C)C(CN)c2ccc(Cl)s2)no1. The van der Waals surface area contributed by atoms with E-state index in [4.69, 9.17) is 21.9 Å². The number of thiophene rings is 1. The topological polar surface area (TPSA) is 55.3 Å². The van der Waals surface area contributed by atoms with Crippen molar-refractivity contribution in [2.45, 2.75) is 19.5 Å². The van der Waals surface area contributed by atoms with Gasteiger partial charge in [0.1, 0.15) is 5.76 Å². The first-order valence-corrected chi connectivity index (χ1v) is 6.87. The minimum absolute atomic E-state index is 0.152. The Kier molecular flexibility index (Phi) is 4.40. The number of rotatable bonds is 5. The lowest BCUT2D eigenvalue weighted by Gasteiger charge is -2.24. The fourth-order valence-corrected chi connectivity index (χ4v) is 3.12. The highest BCUT2D eigenvalue weighted by Gasteiger charge is 2.18. The van der Waals surface area contributed by atoms with Crippen LogP contribution in [0.5, 0.6) is 0 Å². The van der Waals surface area contributed by atoms with Gasteiger partial charge in [0.05, 0.1) is 16.1 Å². The van der Waals surface area contributed by atoms with E-state index in [0.717, 1.165) is 15.8 Å². The summed E-state index contributed by atoms with van der Waals surface area (Å²) < 4.78 is 5.85. The Labute approximate surface area is 115 Å². The molecule has 0 fully saturated rings. The third-order valence-corrected chi connectivity index (χ3v) is 4.10. The highest BCUT2D eigenvalue weighted by atomic mass is 35.5. The molecule has 1 unspecified atom stereocenters. The average molecular weight is 286 g/mol. The number of halogens is 1. The molecule has 2 aromatic heterocycles. The molecule has 0 saturated heterocycles. The Bertz CT molecular complexity index is 511. The summed E-state index contributed by atoms with van der Waals surface area (Å²) in [7, 11) is 2.02. The van der Waals surface area contributed by atoms with Gasteiger partial charge in [0.25, 0.3) is 0 Å². The number of aryl methyl sites for hydroxylation is 1. The smallest absolute Gasteiger partial charge is 0.133 e. The molecule has 4 nitrogen and oxygen atoms in total. The Morgan fingerprint density at radius 3 is 2.83 bits per heavy atom. The van der Waals surface area contributed by atoms with Gasteiger partial charge in [-0.05, 0) is 26.1 Å². The molecule has 0 radical (unpaired) electrons. The van der Waals surface area contributed by atoms with Gasteiger partial charge in [-0.1, -0.05) is 16.8 Å². The molecule has 0 spiro atoms. The van der Waals surface area contributed by atoms with Crippen molar-refractivity contribution in [3.63, 3.8) is 0 Å². The fraction of sp³-hybridized carbons (Fsp3) is 0.417. The van der Waals surface area contributed by atoms with Gasteiger partial charge in [0.15, 0.2) is 0 Å². The van der Waals surface area contributed by atoms with E-state index in [1.165, 1.54) is 4.88 Å². The van der Waals surface area contributed by atoms with Crippen LogP contribution in [0.15, 0.2) is 22.7 Å². The predicted molar refractivity (Wildman–Crippen MR) is 73.8 cm³/mol. The zero-order valence-electron chi connectivity index (χ0n) is 10.4. The van der Waals surface area contributed by atoms with Crippen molar-refractivity contribution >= 4 is 22.9 Å². The monoisotopic (exact) mass is 285 g/mol. The first kappa shape index (κ1) is 13.5.